The van der Waals surface area contributed by atoms with E-state index < -0.39 is 0 Å². The molecule has 3 aromatic carbocycles. The predicted octanol–water partition coefficient (Wildman–Crippen LogP) is 6.24. The Morgan fingerprint density at radius 3 is 2.00 bits per heavy atom. The Balaban J connectivity index is 1.62. The van der Waals surface area contributed by atoms with Crippen molar-refractivity contribution in [1.29, 1.82) is 0 Å². The summed E-state index contributed by atoms with van der Waals surface area (Å²) in [5.74, 6) is 1.24. The van der Waals surface area contributed by atoms with E-state index in [1.165, 1.54) is 0 Å². The van der Waals surface area contributed by atoms with Gasteiger partial charge in [0, 0.05) is 0 Å². The van der Waals surface area contributed by atoms with Gasteiger partial charge in [0.1, 0.15) is 24.2 Å². The smallest absolute Gasteiger partial charge is 0.338 e. The Bertz CT molecular complexity index is 971. The first-order chi connectivity index (χ1) is 14.6. The fraction of sp³-hybridized carbons (Fsp3) is 0.192. The van der Waals surface area contributed by atoms with Gasteiger partial charge in [-0.15, -0.1) is 0 Å². The van der Waals surface area contributed by atoms with Crippen molar-refractivity contribution in [3.8, 4) is 22.6 Å². The lowest BCUT2D eigenvalue weighted by molar-refractivity contribution is 0.0338. The molecule has 3 aromatic rings. The minimum Gasteiger partial charge on any atom is -0.497 e. The van der Waals surface area contributed by atoms with Gasteiger partial charge in [0.2, 0.25) is 0 Å². The third-order valence-corrected chi connectivity index (χ3v) is 4.76. The van der Waals surface area contributed by atoms with Crippen LogP contribution < -0.4 is 9.47 Å². The fourth-order valence-corrected chi connectivity index (χ4v) is 2.95. The molecule has 0 amide bonds. The Labute approximate surface area is 177 Å². The average molecular weight is 402 g/mol. The first kappa shape index (κ1) is 21.2. The van der Waals surface area contributed by atoms with Gasteiger partial charge in [-0.3, -0.25) is 0 Å². The standard InChI is InChI=1S/C26H26O4/c1-4-5-18-29-25-16-12-22(13-17-25)21-6-8-23(9-7-21)26(27)30-19(2)20-10-14-24(28-3)15-11-20/h4-17,19H,18H2,1-3H3/b5-4+. The Morgan fingerprint density at radius 2 is 1.43 bits per heavy atom. The molecule has 0 N–H and O–H groups in total. The molecule has 0 bridgehead atoms. The van der Waals surface area contributed by atoms with Crippen molar-refractivity contribution in [3.63, 3.8) is 0 Å². The second-order valence-corrected chi connectivity index (χ2v) is 6.80. The molecule has 0 heterocycles. The first-order valence-electron chi connectivity index (χ1n) is 9.90. The Hall–Kier alpha value is -3.53. The SMILES string of the molecule is C/C=C/COc1ccc(-c2ccc(C(=O)OC(C)c3ccc(OC)cc3)cc2)cc1. The highest BCUT2D eigenvalue weighted by molar-refractivity contribution is 5.90. The van der Waals surface area contributed by atoms with Gasteiger partial charge < -0.3 is 14.2 Å². The molecule has 0 radical (unpaired) electrons. The van der Waals surface area contributed by atoms with Crippen molar-refractivity contribution in [3.05, 3.63) is 96.1 Å². The zero-order chi connectivity index (χ0) is 21.3. The molecule has 1 unspecified atom stereocenters. The Kier molecular flexibility index (Phi) is 7.28. The second kappa shape index (κ2) is 10.3. The van der Waals surface area contributed by atoms with Gasteiger partial charge in [0.25, 0.3) is 0 Å². The maximum Gasteiger partial charge on any atom is 0.338 e. The lowest BCUT2D eigenvalue weighted by Crippen LogP contribution is -2.09. The van der Waals surface area contributed by atoms with E-state index in [4.69, 9.17) is 14.2 Å². The number of carbonyl (C=O) groups excluding carboxylic acids is 1. The van der Waals surface area contributed by atoms with Gasteiger partial charge in [-0.1, -0.05) is 48.6 Å². The molecule has 0 saturated heterocycles. The predicted molar refractivity (Wildman–Crippen MR) is 119 cm³/mol. The molecule has 1 atom stereocenters. The molecular formula is C26H26O4. The number of hydrogen-bond donors (Lipinski definition) is 0. The number of ether oxygens (including phenoxy) is 3. The van der Waals surface area contributed by atoms with Crippen molar-refractivity contribution < 1.29 is 19.0 Å². The summed E-state index contributed by atoms with van der Waals surface area (Å²) in [6.07, 6.45) is 3.57. The molecule has 3 rings (SSSR count). The van der Waals surface area contributed by atoms with Crippen LogP contribution in [0.1, 0.15) is 35.9 Å². The maximum atomic E-state index is 12.5. The molecule has 154 valence electrons. The summed E-state index contributed by atoms with van der Waals surface area (Å²) >= 11 is 0. The van der Waals surface area contributed by atoms with Crippen molar-refractivity contribution in [1.82, 2.24) is 0 Å². The van der Waals surface area contributed by atoms with Crippen LogP contribution >= 0.6 is 0 Å². The number of carbonyl (C=O) groups is 1. The van der Waals surface area contributed by atoms with Gasteiger partial charge in [-0.2, -0.15) is 0 Å². The molecule has 0 aromatic heterocycles. The number of benzene rings is 3. The summed E-state index contributed by atoms with van der Waals surface area (Å²) in [6.45, 7) is 4.38. The summed E-state index contributed by atoms with van der Waals surface area (Å²) in [5, 5.41) is 0. The average Bonchev–Trinajstić information content (AvgIpc) is 2.80. The molecule has 0 saturated carbocycles. The number of allylic oxidation sites excluding steroid dienone is 1. The largest absolute Gasteiger partial charge is 0.497 e. The zero-order valence-corrected chi connectivity index (χ0v) is 17.5. The molecule has 30 heavy (non-hydrogen) atoms. The van der Waals surface area contributed by atoms with Gasteiger partial charge in [0.05, 0.1) is 12.7 Å². The highest BCUT2D eigenvalue weighted by Gasteiger charge is 2.14. The van der Waals surface area contributed by atoms with E-state index in [1.54, 1.807) is 19.2 Å². The third-order valence-electron chi connectivity index (χ3n) is 4.76. The van der Waals surface area contributed by atoms with E-state index in [0.717, 1.165) is 28.2 Å². The van der Waals surface area contributed by atoms with E-state index in [9.17, 15) is 4.79 Å². The molecule has 4 heteroatoms. The van der Waals surface area contributed by atoms with Crippen LogP contribution in [-0.4, -0.2) is 19.7 Å². The van der Waals surface area contributed by atoms with Crippen LogP contribution in [0.25, 0.3) is 11.1 Å². The number of methoxy groups -OCH3 is 1. The summed E-state index contributed by atoms with van der Waals surface area (Å²) in [5.41, 5.74) is 3.51. The highest BCUT2D eigenvalue weighted by Crippen LogP contribution is 2.25. The monoisotopic (exact) mass is 402 g/mol. The maximum absolute atomic E-state index is 12.5. The van der Waals surface area contributed by atoms with Crippen LogP contribution in [0, 0.1) is 0 Å². The molecular weight excluding hydrogens is 376 g/mol. The van der Waals surface area contributed by atoms with Crippen LogP contribution in [-0.2, 0) is 4.74 Å². The molecule has 0 fully saturated rings. The summed E-state index contributed by atoms with van der Waals surface area (Å²) < 4.78 is 16.4. The van der Waals surface area contributed by atoms with Crippen molar-refractivity contribution in [2.24, 2.45) is 0 Å². The zero-order valence-electron chi connectivity index (χ0n) is 17.5. The van der Waals surface area contributed by atoms with Crippen LogP contribution in [0.3, 0.4) is 0 Å². The normalized spacial score (nSPS) is 11.8. The Morgan fingerprint density at radius 1 is 0.867 bits per heavy atom. The van der Waals surface area contributed by atoms with Gasteiger partial charge in [-0.25, -0.2) is 4.79 Å². The molecule has 0 aliphatic rings. The van der Waals surface area contributed by atoms with Crippen molar-refractivity contribution >= 4 is 5.97 Å². The lowest BCUT2D eigenvalue weighted by atomic mass is 10.0. The van der Waals surface area contributed by atoms with E-state index in [0.29, 0.717) is 12.2 Å². The molecule has 0 aliphatic heterocycles. The molecule has 0 spiro atoms. The number of rotatable bonds is 8. The van der Waals surface area contributed by atoms with Gasteiger partial charge >= 0.3 is 5.97 Å². The molecule has 0 aliphatic carbocycles. The second-order valence-electron chi connectivity index (χ2n) is 6.80. The molecule has 4 nitrogen and oxygen atoms in total. The lowest BCUT2D eigenvalue weighted by Gasteiger charge is -2.14. The quantitative estimate of drug-likeness (QED) is 0.331. The topological polar surface area (TPSA) is 44.8 Å². The van der Waals surface area contributed by atoms with E-state index >= 15 is 0 Å². The van der Waals surface area contributed by atoms with E-state index in [1.807, 2.05) is 86.7 Å². The summed E-state index contributed by atoms with van der Waals surface area (Å²) in [4.78, 5) is 12.5. The number of esters is 1. The van der Waals surface area contributed by atoms with Gasteiger partial charge in [-0.05, 0) is 66.9 Å². The number of hydrogen-bond acceptors (Lipinski definition) is 4. The van der Waals surface area contributed by atoms with Crippen molar-refractivity contribution in [2.75, 3.05) is 13.7 Å². The minimum atomic E-state index is -0.349. The highest BCUT2D eigenvalue weighted by atomic mass is 16.5. The van der Waals surface area contributed by atoms with Gasteiger partial charge in [0.15, 0.2) is 0 Å². The minimum absolute atomic E-state index is 0.349. The van der Waals surface area contributed by atoms with Crippen LogP contribution in [0.2, 0.25) is 0 Å². The third kappa shape index (κ3) is 5.51. The van der Waals surface area contributed by atoms with Crippen molar-refractivity contribution in [2.45, 2.75) is 20.0 Å². The van der Waals surface area contributed by atoms with Crippen LogP contribution in [0.15, 0.2) is 84.9 Å². The first-order valence-corrected chi connectivity index (χ1v) is 9.90. The summed E-state index contributed by atoms with van der Waals surface area (Å²) in [6, 6.07) is 22.8. The van der Waals surface area contributed by atoms with Crippen LogP contribution in [0.5, 0.6) is 11.5 Å². The summed E-state index contributed by atoms with van der Waals surface area (Å²) in [7, 11) is 1.62. The van der Waals surface area contributed by atoms with Crippen LogP contribution in [0.4, 0.5) is 0 Å². The van der Waals surface area contributed by atoms with E-state index in [-0.39, 0.29) is 12.1 Å². The van der Waals surface area contributed by atoms with E-state index in [2.05, 4.69) is 0 Å². The fourth-order valence-electron chi connectivity index (χ4n) is 2.95.